The number of hydrogen-bond donors (Lipinski definition) is 2. The van der Waals surface area contributed by atoms with Gasteiger partial charge in [-0.3, -0.25) is 9.78 Å². The molecular weight excluding hydrogens is 272 g/mol. The highest BCUT2D eigenvalue weighted by Crippen LogP contribution is 2.18. The molecule has 1 atom stereocenters. The van der Waals surface area contributed by atoms with Crippen LogP contribution in [0.15, 0.2) is 48.8 Å². The number of aromatic nitrogens is 1. The molecule has 0 saturated carbocycles. The molecule has 0 spiro atoms. The smallest absolute Gasteiger partial charge is 0.330 e. The van der Waals surface area contributed by atoms with E-state index in [4.69, 9.17) is 4.74 Å². The van der Waals surface area contributed by atoms with E-state index in [1.807, 2.05) is 0 Å². The molecule has 0 aliphatic heterocycles. The molecule has 6 heteroatoms. The van der Waals surface area contributed by atoms with E-state index in [-0.39, 0.29) is 11.3 Å². The average Bonchev–Trinajstić information content (AvgIpc) is 2.52. The van der Waals surface area contributed by atoms with E-state index in [1.54, 1.807) is 30.3 Å². The number of nitrogens with zero attached hydrogens (tertiary/aromatic N) is 1. The van der Waals surface area contributed by atoms with Gasteiger partial charge in [0.25, 0.3) is 5.91 Å². The molecule has 1 aromatic carbocycles. The third-order valence-corrected chi connectivity index (χ3v) is 2.90. The molecule has 108 valence electrons. The first-order valence-electron chi connectivity index (χ1n) is 6.20. The number of ether oxygens (including phenoxy) is 1. The van der Waals surface area contributed by atoms with Gasteiger partial charge in [0, 0.05) is 6.20 Å². The lowest BCUT2D eigenvalue weighted by Gasteiger charge is -2.15. The number of amides is 1. The summed E-state index contributed by atoms with van der Waals surface area (Å²) in [6.45, 7) is 0. The molecular formula is C15H14N2O4. The number of pyridine rings is 1. The summed E-state index contributed by atoms with van der Waals surface area (Å²) in [5.74, 6) is -1.39. The number of carboxylic acid groups (broad SMARTS) is 1. The number of methoxy groups -OCH3 is 1. The van der Waals surface area contributed by atoms with Crippen LogP contribution in [0.25, 0.3) is 0 Å². The molecule has 2 aromatic rings. The number of aliphatic carboxylic acids is 1. The van der Waals surface area contributed by atoms with Gasteiger partial charge < -0.3 is 15.2 Å². The maximum atomic E-state index is 12.2. The minimum Gasteiger partial charge on any atom is -0.494 e. The number of carboxylic acids is 1. The molecule has 0 unspecified atom stereocenters. The highest BCUT2D eigenvalue weighted by molar-refractivity contribution is 5.98. The van der Waals surface area contributed by atoms with Crippen molar-refractivity contribution in [2.45, 2.75) is 6.04 Å². The minimum atomic E-state index is -1.14. The van der Waals surface area contributed by atoms with Gasteiger partial charge in [-0.1, -0.05) is 30.3 Å². The van der Waals surface area contributed by atoms with Crippen LogP contribution in [0.5, 0.6) is 5.75 Å². The zero-order valence-electron chi connectivity index (χ0n) is 11.3. The minimum absolute atomic E-state index is 0.231. The van der Waals surface area contributed by atoms with Gasteiger partial charge in [-0.25, -0.2) is 4.79 Å². The highest BCUT2D eigenvalue weighted by Gasteiger charge is 2.23. The number of rotatable bonds is 5. The molecule has 2 rings (SSSR count). The summed E-state index contributed by atoms with van der Waals surface area (Å²) in [4.78, 5) is 27.4. The van der Waals surface area contributed by atoms with Crippen molar-refractivity contribution in [2.24, 2.45) is 0 Å². The molecule has 0 fully saturated rings. The second kappa shape index (κ2) is 6.51. The van der Waals surface area contributed by atoms with Crippen LogP contribution in [-0.2, 0) is 4.79 Å². The van der Waals surface area contributed by atoms with Gasteiger partial charge in [-0.2, -0.15) is 0 Å². The fourth-order valence-electron chi connectivity index (χ4n) is 1.87. The lowest BCUT2D eigenvalue weighted by Crippen LogP contribution is -2.33. The number of benzene rings is 1. The first-order valence-corrected chi connectivity index (χ1v) is 6.20. The van der Waals surface area contributed by atoms with Gasteiger partial charge >= 0.3 is 5.97 Å². The second-order valence-corrected chi connectivity index (χ2v) is 4.23. The third kappa shape index (κ3) is 3.36. The Kier molecular flexibility index (Phi) is 4.50. The molecule has 2 N–H and O–H groups in total. The van der Waals surface area contributed by atoms with Gasteiger partial charge in [0.15, 0.2) is 6.04 Å². The molecule has 21 heavy (non-hydrogen) atoms. The summed E-state index contributed by atoms with van der Waals surface area (Å²) in [6.07, 6.45) is 2.84. The van der Waals surface area contributed by atoms with E-state index in [9.17, 15) is 14.7 Å². The van der Waals surface area contributed by atoms with Crippen molar-refractivity contribution in [2.75, 3.05) is 7.11 Å². The molecule has 1 heterocycles. The third-order valence-electron chi connectivity index (χ3n) is 2.90. The van der Waals surface area contributed by atoms with Crippen LogP contribution in [-0.4, -0.2) is 29.1 Å². The van der Waals surface area contributed by atoms with Crippen LogP contribution in [0.3, 0.4) is 0 Å². The molecule has 6 nitrogen and oxygen atoms in total. The van der Waals surface area contributed by atoms with E-state index in [0.717, 1.165) is 0 Å². The summed E-state index contributed by atoms with van der Waals surface area (Å²) in [7, 11) is 1.42. The van der Waals surface area contributed by atoms with E-state index in [2.05, 4.69) is 10.3 Å². The molecule has 0 saturated heterocycles. The Hall–Kier alpha value is -2.89. The number of hydrogen-bond acceptors (Lipinski definition) is 4. The zero-order chi connectivity index (χ0) is 15.2. The molecule has 1 aromatic heterocycles. The first-order chi connectivity index (χ1) is 10.1. The summed E-state index contributed by atoms with van der Waals surface area (Å²) in [5.41, 5.74) is 0.723. The van der Waals surface area contributed by atoms with Gasteiger partial charge in [0.2, 0.25) is 0 Å². The number of nitrogens with one attached hydrogen (secondary N) is 1. The molecule has 0 aliphatic rings. The Morgan fingerprint density at radius 1 is 1.24 bits per heavy atom. The quantitative estimate of drug-likeness (QED) is 0.872. The summed E-state index contributed by atoms with van der Waals surface area (Å²) in [6, 6.07) is 8.82. The van der Waals surface area contributed by atoms with Crippen molar-refractivity contribution in [1.29, 1.82) is 0 Å². The molecule has 1 amide bonds. The van der Waals surface area contributed by atoms with Crippen LogP contribution < -0.4 is 10.1 Å². The van der Waals surface area contributed by atoms with Crippen molar-refractivity contribution >= 4 is 11.9 Å². The monoisotopic (exact) mass is 286 g/mol. The molecule has 0 aliphatic carbocycles. The Balaban J connectivity index is 2.25. The fourth-order valence-corrected chi connectivity index (χ4v) is 1.87. The van der Waals surface area contributed by atoms with Crippen molar-refractivity contribution in [3.63, 3.8) is 0 Å². The predicted molar refractivity (Wildman–Crippen MR) is 75.1 cm³/mol. The SMILES string of the molecule is COc1cnccc1C(=O)N[C@@H](C(=O)O)c1ccccc1. The number of carbonyl (C=O) groups is 2. The standard InChI is InChI=1S/C15H14N2O4/c1-21-12-9-16-8-7-11(12)14(18)17-13(15(19)20)10-5-3-2-4-6-10/h2-9,13H,1H3,(H,17,18)(H,19,20)/t13-/m1/s1. The van der Waals surface area contributed by atoms with E-state index in [0.29, 0.717) is 5.56 Å². The van der Waals surface area contributed by atoms with Crippen molar-refractivity contribution < 1.29 is 19.4 Å². The zero-order valence-corrected chi connectivity index (χ0v) is 11.3. The maximum absolute atomic E-state index is 12.2. The largest absolute Gasteiger partial charge is 0.494 e. The van der Waals surface area contributed by atoms with Crippen LogP contribution in [0.2, 0.25) is 0 Å². The van der Waals surface area contributed by atoms with Crippen molar-refractivity contribution in [1.82, 2.24) is 10.3 Å². The van der Waals surface area contributed by atoms with E-state index < -0.39 is 17.9 Å². The summed E-state index contributed by atoms with van der Waals surface area (Å²) in [5, 5.41) is 11.8. The highest BCUT2D eigenvalue weighted by atomic mass is 16.5. The van der Waals surface area contributed by atoms with E-state index >= 15 is 0 Å². The second-order valence-electron chi connectivity index (χ2n) is 4.23. The average molecular weight is 286 g/mol. The predicted octanol–water partition coefficient (Wildman–Crippen LogP) is 1.65. The van der Waals surface area contributed by atoms with Gasteiger partial charge in [0.1, 0.15) is 5.75 Å². The lowest BCUT2D eigenvalue weighted by molar-refractivity contribution is -0.139. The normalized spacial score (nSPS) is 11.5. The maximum Gasteiger partial charge on any atom is 0.330 e. The van der Waals surface area contributed by atoms with Crippen molar-refractivity contribution in [3.8, 4) is 5.75 Å². The Labute approximate surface area is 121 Å². The van der Waals surface area contributed by atoms with Gasteiger partial charge in [-0.05, 0) is 11.6 Å². The van der Waals surface area contributed by atoms with Gasteiger partial charge in [0.05, 0.1) is 18.9 Å². The Morgan fingerprint density at radius 2 is 1.95 bits per heavy atom. The van der Waals surface area contributed by atoms with Crippen LogP contribution in [0.1, 0.15) is 22.0 Å². The van der Waals surface area contributed by atoms with Gasteiger partial charge in [-0.15, -0.1) is 0 Å². The van der Waals surface area contributed by atoms with Crippen LogP contribution in [0.4, 0.5) is 0 Å². The van der Waals surface area contributed by atoms with Crippen LogP contribution in [0, 0.1) is 0 Å². The van der Waals surface area contributed by atoms with Crippen LogP contribution >= 0.6 is 0 Å². The van der Waals surface area contributed by atoms with Crippen molar-refractivity contribution in [3.05, 3.63) is 59.9 Å². The van der Waals surface area contributed by atoms with E-state index in [1.165, 1.54) is 25.6 Å². The molecule has 0 bridgehead atoms. The Morgan fingerprint density at radius 3 is 2.57 bits per heavy atom. The molecule has 0 radical (unpaired) electrons. The first kappa shape index (κ1) is 14.5. The topological polar surface area (TPSA) is 88.5 Å². The fraction of sp³-hybridized carbons (Fsp3) is 0.133. The number of carbonyl (C=O) groups excluding carboxylic acids is 1. The summed E-state index contributed by atoms with van der Waals surface area (Å²) >= 11 is 0. The summed E-state index contributed by atoms with van der Waals surface area (Å²) < 4.78 is 5.04. The lowest BCUT2D eigenvalue weighted by atomic mass is 10.1. The Bertz CT molecular complexity index is 643.